The standard InChI is InChI=1S/C18H21ClN6O2.ClH/c19-13-1-3-14(4-2-13)24-18(27)16-15(21-5-6-22-16)17(26)23-9-12-25-10-7-20-8-11-25;/h1-6,20H,7-12H2,(H,23,26)(H,24,27);1H. The first-order valence-corrected chi connectivity index (χ1v) is 9.10. The molecule has 150 valence electrons. The van der Waals surface area contributed by atoms with Gasteiger partial charge in [0.15, 0.2) is 11.4 Å². The smallest absolute Gasteiger partial charge is 0.276 e. The third-order valence-corrected chi connectivity index (χ3v) is 4.41. The Labute approximate surface area is 174 Å². The molecule has 8 nitrogen and oxygen atoms in total. The van der Waals surface area contributed by atoms with Gasteiger partial charge in [0.25, 0.3) is 11.8 Å². The lowest BCUT2D eigenvalue weighted by atomic mass is 10.2. The minimum atomic E-state index is -0.502. The van der Waals surface area contributed by atoms with Gasteiger partial charge >= 0.3 is 0 Å². The van der Waals surface area contributed by atoms with E-state index in [1.807, 2.05) is 0 Å². The highest BCUT2D eigenvalue weighted by molar-refractivity contribution is 6.30. The first-order valence-electron chi connectivity index (χ1n) is 8.72. The van der Waals surface area contributed by atoms with E-state index in [4.69, 9.17) is 11.6 Å². The number of aromatic nitrogens is 2. The lowest BCUT2D eigenvalue weighted by Gasteiger charge is -2.27. The van der Waals surface area contributed by atoms with Crippen molar-refractivity contribution in [2.75, 3.05) is 44.6 Å². The van der Waals surface area contributed by atoms with Crippen LogP contribution in [0, 0.1) is 0 Å². The van der Waals surface area contributed by atoms with E-state index < -0.39 is 11.8 Å². The molecule has 1 aliphatic rings. The first kappa shape index (κ1) is 22.0. The van der Waals surface area contributed by atoms with E-state index >= 15 is 0 Å². The number of halogens is 2. The van der Waals surface area contributed by atoms with Crippen molar-refractivity contribution < 1.29 is 9.59 Å². The maximum atomic E-state index is 12.5. The molecule has 2 heterocycles. The van der Waals surface area contributed by atoms with Crippen molar-refractivity contribution in [1.29, 1.82) is 0 Å². The molecule has 1 saturated heterocycles. The van der Waals surface area contributed by atoms with Crippen LogP contribution in [0.2, 0.25) is 5.02 Å². The van der Waals surface area contributed by atoms with E-state index in [0.717, 1.165) is 32.7 Å². The lowest BCUT2D eigenvalue weighted by molar-refractivity contribution is 0.0927. The van der Waals surface area contributed by atoms with Crippen LogP contribution in [0.15, 0.2) is 36.7 Å². The van der Waals surface area contributed by atoms with Crippen molar-refractivity contribution in [2.24, 2.45) is 0 Å². The Balaban J connectivity index is 0.00000280. The number of rotatable bonds is 6. The summed E-state index contributed by atoms with van der Waals surface area (Å²) in [5.41, 5.74) is 0.538. The van der Waals surface area contributed by atoms with Gasteiger partial charge in [-0.3, -0.25) is 14.5 Å². The van der Waals surface area contributed by atoms with Crippen molar-refractivity contribution in [3.8, 4) is 0 Å². The summed E-state index contributed by atoms with van der Waals surface area (Å²) < 4.78 is 0. The maximum Gasteiger partial charge on any atom is 0.276 e. The van der Waals surface area contributed by atoms with Gasteiger partial charge in [0.2, 0.25) is 0 Å². The summed E-state index contributed by atoms with van der Waals surface area (Å²) in [5.74, 6) is -0.919. The van der Waals surface area contributed by atoms with Crippen molar-refractivity contribution >= 4 is 41.5 Å². The van der Waals surface area contributed by atoms with Gasteiger partial charge in [-0.1, -0.05) is 11.6 Å². The zero-order chi connectivity index (χ0) is 19.1. The highest BCUT2D eigenvalue weighted by Gasteiger charge is 2.20. The Bertz CT molecular complexity index is 797. The molecule has 0 saturated carbocycles. The summed E-state index contributed by atoms with van der Waals surface area (Å²) in [5, 5.41) is 9.36. The molecule has 1 aromatic heterocycles. The number of nitrogens with zero attached hydrogens (tertiary/aromatic N) is 3. The van der Waals surface area contributed by atoms with Crippen LogP contribution in [-0.2, 0) is 0 Å². The maximum absolute atomic E-state index is 12.5. The SMILES string of the molecule is Cl.O=C(NCCN1CCNCC1)c1nccnc1C(=O)Nc1ccc(Cl)cc1. The summed E-state index contributed by atoms with van der Waals surface area (Å²) in [6, 6.07) is 6.67. The molecule has 2 amide bonds. The largest absolute Gasteiger partial charge is 0.349 e. The molecule has 10 heteroatoms. The van der Waals surface area contributed by atoms with E-state index in [0.29, 0.717) is 17.3 Å². The van der Waals surface area contributed by atoms with Gasteiger partial charge in [0.05, 0.1) is 0 Å². The average molecular weight is 425 g/mol. The molecule has 1 aromatic carbocycles. The molecular weight excluding hydrogens is 403 g/mol. The molecular formula is C18H22Cl2N6O2. The number of carbonyl (C=O) groups excluding carboxylic acids is 2. The number of anilines is 1. The molecule has 3 N–H and O–H groups in total. The molecule has 2 aromatic rings. The number of hydrogen-bond donors (Lipinski definition) is 3. The van der Waals surface area contributed by atoms with Gasteiger partial charge in [-0.25, -0.2) is 9.97 Å². The van der Waals surface area contributed by atoms with Crippen LogP contribution < -0.4 is 16.0 Å². The zero-order valence-corrected chi connectivity index (χ0v) is 16.7. The van der Waals surface area contributed by atoms with Gasteiger partial charge in [-0.05, 0) is 24.3 Å². The van der Waals surface area contributed by atoms with E-state index in [9.17, 15) is 9.59 Å². The van der Waals surface area contributed by atoms with Crippen molar-refractivity contribution in [3.05, 3.63) is 53.1 Å². The lowest BCUT2D eigenvalue weighted by Crippen LogP contribution is -2.46. The molecule has 1 aliphatic heterocycles. The predicted molar refractivity (Wildman–Crippen MR) is 110 cm³/mol. The van der Waals surface area contributed by atoms with Gasteiger partial charge in [0, 0.05) is 62.4 Å². The van der Waals surface area contributed by atoms with E-state index in [2.05, 4.69) is 30.8 Å². The monoisotopic (exact) mass is 424 g/mol. The van der Waals surface area contributed by atoms with Gasteiger partial charge in [-0.2, -0.15) is 0 Å². The summed E-state index contributed by atoms with van der Waals surface area (Å²) in [6.45, 7) is 5.04. The molecule has 0 radical (unpaired) electrons. The summed E-state index contributed by atoms with van der Waals surface area (Å²) in [7, 11) is 0. The summed E-state index contributed by atoms with van der Waals surface area (Å²) in [6.07, 6.45) is 2.78. The van der Waals surface area contributed by atoms with Crippen LogP contribution in [0.3, 0.4) is 0 Å². The minimum absolute atomic E-state index is 0. The molecule has 0 unspecified atom stereocenters. The molecule has 1 fully saturated rings. The molecule has 3 rings (SSSR count). The third-order valence-electron chi connectivity index (χ3n) is 4.15. The number of piperazine rings is 1. The van der Waals surface area contributed by atoms with E-state index in [1.165, 1.54) is 12.4 Å². The van der Waals surface area contributed by atoms with Gasteiger partial charge in [-0.15, -0.1) is 12.4 Å². The van der Waals surface area contributed by atoms with Crippen molar-refractivity contribution in [2.45, 2.75) is 0 Å². The number of hydrogen-bond acceptors (Lipinski definition) is 6. The minimum Gasteiger partial charge on any atom is -0.349 e. The van der Waals surface area contributed by atoms with Crippen LogP contribution >= 0.6 is 24.0 Å². The highest BCUT2D eigenvalue weighted by atomic mass is 35.5. The number of amides is 2. The van der Waals surface area contributed by atoms with E-state index in [-0.39, 0.29) is 23.8 Å². The number of benzene rings is 1. The topological polar surface area (TPSA) is 99.2 Å². The summed E-state index contributed by atoms with van der Waals surface area (Å²) in [4.78, 5) is 35.3. The Morgan fingerprint density at radius 1 is 1.04 bits per heavy atom. The fourth-order valence-electron chi connectivity index (χ4n) is 2.74. The third kappa shape index (κ3) is 6.13. The van der Waals surface area contributed by atoms with Crippen LogP contribution in [0.5, 0.6) is 0 Å². The molecule has 0 atom stereocenters. The Hall–Kier alpha value is -2.26. The number of carbonyl (C=O) groups is 2. The van der Waals surface area contributed by atoms with Gasteiger partial charge < -0.3 is 16.0 Å². The molecule has 28 heavy (non-hydrogen) atoms. The zero-order valence-electron chi connectivity index (χ0n) is 15.2. The molecule has 0 aliphatic carbocycles. The Kier molecular flexibility index (Phi) is 8.59. The predicted octanol–water partition coefficient (Wildman–Crippen LogP) is 1.44. The highest BCUT2D eigenvalue weighted by Crippen LogP contribution is 2.14. The second kappa shape index (κ2) is 10.9. The fraction of sp³-hybridized carbons (Fsp3) is 0.333. The fourth-order valence-corrected chi connectivity index (χ4v) is 2.87. The van der Waals surface area contributed by atoms with E-state index in [1.54, 1.807) is 24.3 Å². The molecule has 0 bridgehead atoms. The number of nitrogens with one attached hydrogen (secondary N) is 3. The Morgan fingerprint density at radius 2 is 1.64 bits per heavy atom. The average Bonchev–Trinajstić information content (AvgIpc) is 2.70. The van der Waals surface area contributed by atoms with Gasteiger partial charge in [0.1, 0.15) is 0 Å². The van der Waals surface area contributed by atoms with Crippen LogP contribution in [0.25, 0.3) is 0 Å². The normalized spacial score (nSPS) is 14.0. The Morgan fingerprint density at radius 3 is 2.29 bits per heavy atom. The second-order valence-corrected chi connectivity index (χ2v) is 6.50. The second-order valence-electron chi connectivity index (χ2n) is 6.06. The van der Waals surface area contributed by atoms with Crippen LogP contribution in [0.4, 0.5) is 5.69 Å². The first-order chi connectivity index (χ1) is 13.1. The van der Waals surface area contributed by atoms with Crippen molar-refractivity contribution in [1.82, 2.24) is 25.5 Å². The molecule has 0 spiro atoms. The van der Waals surface area contributed by atoms with Crippen LogP contribution in [0.1, 0.15) is 21.0 Å². The summed E-state index contributed by atoms with van der Waals surface area (Å²) >= 11 is 5.84. The van der Waals surface area contributed by atoms with Crippen LogP contribution in [-0.4, -0.2) is 66.0 Å². The quantitative estimate of drug-likeness (QED) is 0.648. The van der Waals surface area contributed by atoms with Crippen molar-refractivity contribution in [3.63, 3.8) is 0 Å².